The average molecular weight is 382 g/mol. The van der Waals surface area contributed by atoms with Gasteiger partial charge in [0.25, 0.3) is 5.24 Å². The lowest BCUT2D eigenvalue weighted by Gasteiger charge is -2.08. The number of hydrogen-bond donors (Lipinski definition) is 1. The zero-order chi connectivity index (χ0) is 18.0. The third-order valence-electron chi connectivity index (χ3n) is 3.32. The highest BCUT2D eigenvalue weighted by atomic mass is 35.5. The minimum absolute atomic E-state index is 0.157. The van der Waals surface area contributed by atoms with Crippen molar-refractivity contribution >= 4 is 28.2 Å². The van der Waals surface area contributed by atoms with Crippen LogP contribution in [0.25, 0.3) is 11.1 Å². The van der Waals surface area contributed by atoms with Crippen molar-refractivity contribution < 1.29 is 23.4 Å². The maximum Gasteiger partial charge on any atom is 0.271 e. The molecule has 2 aromatic carbocycles. The van der Waals surface area contributed by atoms with Gasteiger partial charge in [-0.05, 0) is 35.4 Å². The van der Waals surface area contributed by atoms with Crippen molar-refractivity contribution in [3.8, 4) is 22.6 Å². The number of benzene rings is 2. The van der Waals surface area contributed by atoms with Crippen LogP contribution in [-0.4, -0.2) is 15.3 Å². The third kappa shape index (κ3) is 3.94. The van der Waals surface area contributed by atoms with Crippen LogP contribution >= 0.6 is 22.9 Å². The van der Waals surface area contributed by atoms with Crippen LogP contribution in [-0.2, 0) is 6.61 Å². The highest BCUT2D eigenvalue weighted by Gasteiger charge is 2.11. The van der Waals surface area contributed by atoms with Crippen molar-refractivity contribution in [2.45, 2.75) is 6.61 Å². The molecule has 0 amide bonds. The fraction of sp³-hybridized carbons (Fsp3) is 0.0588. The summed E-state index contributed by atoms with van der Waals surface area (Å²) in [6, 6.07) is 8.12. The third-order valence-corrected chi connectivity index (χ3v) is 4.34. The zero-order valence-electron chi connectivity index (χ0n) is 12.5. The molecule has 0 aliphatic rings. The molecule has 0 fully saturated rings. The lowest BCUT2D eigenvalue weighted by atomic mass is 10.0. The second-order valence-corrected chi connectivity index (χ2v) is 6.28. The molecular formula is C17H10ClF2NO3S. The van der Waals surface area contributed by atoms with E-state index in [1.807, 2.05) is 0 Å². The van der Waals surface area contributed by atoms with Gasteiger partial charge in [0.2, 0.25) is 0 Å². The summed E-state index contributed by atoms with van der Waals surface area (Å²) in [5.74, 6) is -1.99. The predicted octanol–water partition coefficient (Wildman–Crippen LogP) is 4.75. The molecule has 1 aromatic heterocycles. The summed E-state index contributed by atoms with van der Waals surface area (Å²) in [4.78, 5) is 15.0. The number of thiazole rings is 1. The summed E-state index contributed by atoms with van der Waals surface area (Å²) in [5, 5.41) is 11.3. The van der Waals surface area contributed by atoms with E-state index in [0.717, 1.165) is 12.1 Å². The molecule has 0 bridgehead atoms. The van der Waals surface area contributed by atoms with Gasteiger partial charge in [0.15, 0.2) is 11.6 Å². The van der Waals surface area contributed by atoms with Crippen molar-refractivity contribution in [1.82, 2.24) is 4.98 Å². The Morgan fingerprint density at radius 1 is 1.20 bits per heavy atom. The first-order valence-corrected chi connectivity index (χ1v) is 8.25. The molecule has 3 aromatic rings. The average Bonchev–Trinajstić information content (AvgIpc) is 3.06. The van der Waals surface area contributed by atoms with Gasteiger partial charge in [-0.25, -0.2) is 13.8 Å². The van der Waals surface area contributed by atoms with Gasteiger partial charge in [-0.1, -0.05) is 12.1 Å². The normalized spacial score (nSPS) is 10.7. The van der Waals surface area contributed by atoms with Crippen LogP contribution in [0, 0.1) is 11.6 Å². The highest BCUT2D eigenvalue weighted by molar-refractivity contribution is 7.10. The van der Waals surface area contributed by atoms with Crippen molar-refractivity contribution in [2.24, 2.45) is 0 Å². The minimum Gasteiger partial charge on any atom is -0.507 e. The Labute approximate surface area is 150 Å². The first kappa shape index (κ1) is 17.3. The van der Waals surface area contributed by atoms with E-state index in [4.69, 9.17) is 16.3 Å². The zero-order valence-corrected chi connectivity index (χ0v) is 14.1. The fourth-order valence-corrected chi connectivity index (χ4v) is 2.96. The quantitative estimate of drug-likeness (QED) is 0.648. The molecule has 1 heterocycles. The van der Waals surface area contributed by atoms with E-state index < -0.39 is 16.9 Å². The molecule has 4 nitrogen and oxygen atoms in total. The molecule has 1 N–H and O–H groups in total. The topological polar surface area (TPSA) is 59.4 Å². The summed E-state index contributed by atoms with van der Waals surface area (Å²) in [6.07, 6.45) is 0. The fourth-order valence-electron chi connectivity index (χ4n) is 2.11. The van der Waals surface area contributed by atoms with Gasteiger partial charge in [0, 0.05) is 17.0 Å². The van der Waals surface area contributed by atoms with Gasteiger partial charge in [0.1, 0.15) is 28.8 Å². The van der Waals surface area contributed by atoms with E-state index in [2.05, 4.69) is 4.98 Å². The van der Waals surface area contributed by atoms with E-state index in [1.54, 1.807) is 29.6 Å². The lowest BCUT2D eigenvalue weighted by molar-refractivity contribution is 0.107. The number of phenolic OH excluding ortho intramolecular Hbond substituents is 1. The first-order valence-electron chi connectivity index (χ1n) is 6.99. The van der Waals surface area contributed by atoms with Crippen LogP contribution in [0.5, 0.6) is 11.5 Å². The van der Waals surface area contributed by atoms with Crippen LogP contribution in [0.2, 0.25) is 0 Å². The lowest BCUT2D eigenvalue weighted by Crippen LogP contribution is -1.96. The maximum absolute atomic E-state index is 13.3. The van der Waals surface area contributed by atoms with Gasteiger partial charge in [-0.2, -0.15) is 0 Å². The van der Waals surface area contributed by atoms with Crippen LogP contribution in [0.15, 0.2) is 41.8 Å². The molecule has 3 rings (SSSR count). The molecular weight excluding hydrogens is 372 g/mol. The molecule has 0 saturated carbocycles. The number of aromatic hydroxyl groups is 1. The Morgan fingerprint density at radius 2 is 1.88 bits per heavy atom. The van der Waals surface area contributed by atoms with Gasteiger partial charge < -0.3 is 9.84 Å². The second-order valence-electron chi connectivity index (χ2n) is 5.00. The number of phenols is 1. The maximum atomic E-state index is 13.3. The highest BCUT2D eigenvalue weighted by Crippen LogP contribution is 2.32. The number of halogens is 3. The molecule has 0 spiro atoms. The standard InChI is InChI=1S/C17H10ClF2NO3S/c18-17(23)14-8-25-16(21-14)7-24-10-3-1-9(2-4-10)11-5-12(19)13(20)6-15(11)22/h1-6,8,22H,7H2. The number of rotatable bonds is 5. The summed E-state index contributed by atoms with van der Waals surface area (Å²) in [7, 11) is 0. The van der Waals surface area contributed by atoms with Gasteiger partial charge >= 0.3 is 0 Å². The number of hydrogen-bond acceptors (Lipinski definition) is 5. The van der Waals surface area contributed by atoms with Gasteiger partial charge in [-0.3, -0.25) is 4.79 Å². The van der Waals surface area contributed by atoms with E-state index in [9.17, 15) is 18.7 Å². The van der Waals surface area contributed by atoms with Crippen molar-refractivity contribution in [1.29, 1.82) is 0 Å². The van der Waals surface area contributed by atoms with Gasteiger partial charge in [-0.15, -0.1) is 11.3 Å². The van der Waals surface area contributed by atoms with Crippen LogP contribution < -0.4 is 4.74 Å². The van der Waals surface area contributed by atoms with Crippen molar-refractivity contribution in [3.63, 3.8) is 0 Å². The molecule has 128 valence electrons. The second kappa shape index (κ2) is 7.16. The molecule has 0 aliphatic carbocycles. The van der Waals surface area contributed by atoms with Crippen LogP contribution in [0.3, 0.4) is 0 Å². The van der Waals surface area contributed by atoms with Crippen molar-refractivity contribution in [2.75, 3.05) is 0 Å². The van der Waals surface area contributed by atoms with Crippen LogP contribution in [0.4, 0.5) is 8.78 Å². The Hall–Kier alpha value is -2.51. The largest absolute Gasteiger partial charge is 0.507 e. The first-order chi connectivity index (χ1) is 11.9. The van der Waals surface area contributed by atoms with E-state index in [0.29, 0.717) is 16.3 Å². The summed E-state index contributed by atoms with van der Waals surface area (Å²) in [6.45, 7) is 0.157. The van der Waals surface area contributed by atoms with Crippen LogP contribution in [0.1, 0.15) is 15.5 Å². The van der Waals surface area contributed by atoms with E-state index >= 15 is 0 Å². The Balaban J connectivity index is 1.72. The number of nitrogens with zero attached hydrogens (tertiary/aromatic N) is 1. The minimum atomic E-state index is -1.11. The molecule has 0 unspecified atom stereocenters. The summed E-state index contributed by atoms with van der Waals surface area (Å²) in [5.41, 5.74) is 0.859. The molecule has 0 radical (unpaired) electrons. The predicted molar refractivity (Wildman–Crippen MR) is 90.1 cm³/mol. The number of carbonyl (C=O) groups excluding carboxylic acids is 1. The number of carbonyl (C=O) groups is 1. The van der Waals surface area contributed by atoms with Crippen molar-refractivity contribution in [3.05, 3.63) is 64.1 Å². The van der Waals surface area contributed by atoms with E-state index in [1.165, 1.54) is 11.3 Å². The summed E-state index contributed by atoms with van der Waals surface area (Å²) >= 11 is 6.59. The SMILES string of the molecule is O=C(Cl)c1csc(COc2ccc(-c3cc(F)c(F)cc3O)cc2)n1. The monoisotopic (exact) mass is 381 g/mol. The Bertz CT molecular complexity index is 928. The molecule has 8 heteroatoms. The van der Waals surface area contributed by atoms with E-state index in [-0.39, 0.29) is 23.6 Å². The Morgan fingerprint density at radius 3 is 2.52 bits per heavy atom. The number of ether oxygens (including phenoxy) is 1. The molecule has 0 aliphatic heterocycles. The summed E-state index contributed by atoms with van der Waals surface area (Å²) < 4.78 is 32.0. The molecule has 0 saturated heterocycles. The smallest absolute Gasteiger partial charge is 0.271 e. The number of aromatic nitrogens is 1. The molecule has 25 heavy (non-hydrogen) atoms. The van der Waals surface area contributed by atoms with Gasteiger partial charge in [0.05, 0.1) is 0 Å². The molecule has 0 atom stereocenters. The Kier molecular flexibility index (Phi) is 4.96.